The molecule has 1 heterocycles. The number of rotatable bonds is 6. The third-order valence-electron chi connectivity index (χ3n) is 5.15. The number of nitrogens with one attached hydrogen (secondary N) is 1. The molecule has 0 aliphatic carbocycles. The van der Waals surface area contributed by atoms with E-state index in [9.17, 15) is 20.2 Å². The van der Waals surface area contributed by atoms with Crippen LogP contribution in [0.25, 0.3) is 0 Å². The van der Waals surface area contributed by atoms with Crippen molar-refractivity contribution in [1.82, 2.24) is 0 Å². The van der Waals surface area contributed by atoms with E-state index in [0.29, 0.717) is 23.2 Å². The second-order valence-electron chi connectivity index (χ2n) is 7.35. The van der Waals surface area contributed by atoms with Crippen molar-refractivity contribution in [1.29, 1.82) is 0 Å². The van der Waals surface area contributed by atoms with Gasteiger partial charge in [0.2, 0.25) is 0 Å². The maximum Gasteiger partial charge on any atom is 0.270 e. The van der Waals surface area contributed by atoms with Crippen molar-refractivity contribution in [3.8, 4) is 0 Å². The van der Waals surface area contributed by atoms with Gasteiger partial charge in [-0.2, -0.15) is 5.10 Å². The third-order valence-corrected chi connectivity index (χ3v) is 5.15. The Bertz CT molecular complexity index is 929. The number of hydrazone groups is 1. The number of benzene rings is 2. The number of non-ortho nitro benzene ring substituents is 2. The lowest BCUT2D eigenvalue weighted by Crippen LogP contribution is -2.40. The zero-order chi connectivity index (χ0) is 21.0. The van der Waals surface area contributed by atoms with Crippen molar-refractivity contribution < 1.29 is 9.85 Å². The van der Waals surface area contributed by atoms with Gasteiger partial charge in [0.05, 0.1) is 21.7 Å². The zero-order valence-electron chi connectivity index (χ0n) is 16.3. The van der Waals surface area contributed by atoms with E-state index in [0.717, 1.165) is 25.1 Å². The molecular weight excluding hydrogens is 374 g/mol. The summed E-state index contributed by atoms with van der Waals surface area (Å²) >= 11 is 0. The zero-order valence-corrected chi connectivity index (χ0v) is 16.3. The molecule has 9 heteroatoms. The highest BCUT2D eigenvalue weighted by atomic mass is 16.6. The summed E-state index contributed by atoms with van der Waals surface area (Å²) in [4.78, 5) is 23.3. The van der Waals surface area contributed by atoms with Crippen molar-refractivity contribution >= 4 is 29.0 Å². The van der Waals surface area contributed by atoms with Crippen molar-refractivity contribution in [3.63, 3.8) is 0 Å². The van der Waals surface area contributed by atoms with Crippen LogP contribution in [-0.2, 0) is 0 Å². The van der Waals surface area contributed by atoms with Gasteiger partial charge < -0.3 is 4.90 Å². The maximum absolute atomic E-state index is 11.2. The standard InChI is InChI=1S/C20H23N5O4/c1-14-9-10-23(15(2)11-14)20-8-7-19(25(28)29)12-16(20)13-21-22-17-3-5-18(6-4-17)24(26)27/h3-8,12-15,22H,9-11H2,1-2H3/t14-,15+/m1/s1. The topological polar surface area (TPSA) is 114 Å². The van der Waals surface area contributed by atoms with Gasteiger partial charge >= 0.3 is 0 Å². The molecule has 0 unspecified atom stereocenters. The van der Waals surface area contributed by atoms with Gasteiger partial charge in [0.15, 0.2) is 0 Å². The van der Waals surface area contributed by atoms with Gasteiger partial charge in [0, 0.05) is 48.1 Å². The summed E-state index contributed by atoms with van der Waals surface area (Å²) in [5, 5.41) is 26.1. The second kappa shape index (κ2) is 8.68. The molecule has 1 saturated heterocycles. The fraction of sp³-hybridized carbons (Fsp3) is 0.350. The maximum atomic E-state index is 11.2. The molecular formula is C20H23N5O4. The first kappa shape index (κ1) is 20.2. The number of hydrogen-bond acceptors (Lipinski definition) is 7. The van der Waals surface area contributed by atoms with E-state index in [4.69, 9.17) is 0 Å². The van der Waals surface area contributed by atoms with Crippen LogP contribution in [0.15, 0.2) is 47.6 Å². The second-order valence-corrected chi connectivity index (χ2v) is 7.35. The minimum atomic E-state index is -0.469. The Morgan fingerprint density at radius 1 is 1.07 bits per heavy atom. The highest BCUT2D eigenvalue weighted by molar-refractivity contribution is 5.89. The Morgan fingerprint density at radius 3 is 2.34 bits per heavy atom. The average molecular weight is 397 g/mol. The minimum Gasteiger partial charge on any atom is -0.368 e. The predicted octanol–water partition coefficient (Wildman–Crippen LogP) is 4.57. The first-order chi connectivity index (χ1) is 13.8. The predicted molar refractivity (Wildman–Crippen MR) is 113 cm³/mol. The number of hydrogen-bond donors (Lipinski definition) is 1. The molecule has 0 radical (unpaired) electrons. The molecule has 9 nitrogen and oxygen atoms in total. The third kappa shape index (κ3) is 4.87. The molecule has 2 aromatic rings. The van der Waals surface area contributed by atoms with Gasteiger partial charge in [0.1, 0.15) is 0 Å². The van der Waals surface area contributed by atoms with E-state index in [1.165, 1.54) is 24.3 Å². The van der Waals surface area contributed by atoms with Crippen LogP contribution in [0.1, 0.15) is 32.3 Å². The number of piperidine rings is 1. The normalized spacial score (nSPS) is 19.3. The molecule has 2 atom stereocenters. The summed E-state index contributed by atoms with van der Waals surface area (Å²) in [5.74, 6) is 0.653. The molecule has 152 valence electrons. The van der Waals surface area contributed by atoms with Crippen LogP contribution in [-0.4, -0.2) is 28.6 Å². The lowest BCUT2D eigenvalue weighted by atomic mass is 9.92. The molecule has 29 heavy (non-hydrogen) atoms. The van der Waals surface area contributed by atoms with Crippen LogP contribution in [0.3, 0.4) is 0 Å². The smallest absolute Gasteiger partial charge is 0.270 e. The molecule has 0 bridgehead atoms. The van der Waals surface area contributed by atoms with Crippen LogP contribution in [0.4, 0.5) is 22.7 Å². The van der Waals surface area contributed by atoms with Crippen LogP contribution >= 0.6 is 0 Å². The van der Waals surface area contributed by atoms with E-state index in [1.54, 1.807) is 24.4 Å². The Kier molecular flexibility index (Phi) is 6.06. The number of nitrogens with zero attached hydrogens (tertiary/aromatic N) is 4. The van der Waals surface area contributed by atoms with Gasteiger partial charge in [-0.15, -0.1) is 0 Å². The Morgan fingerprint density at radius 2 is 1.72 bits per heavy atom. The fourth-order valence-corrected chi connectivity index (χ4v) is 3.62. The summed E-state index contributed by atoms with van der Waals surface area (Å²) in [6.07, 6.45) is 3.68. The Hall–Kier alpha value is -3.49. The monoisotopic (exact) mass is 397 g/mol. The largest absolute Gasteiger partial charge is 0.368 e. The molecule has 1 N–H and O–H groups in total. The lowest BCUT2D eigenvalue weighted by molar-refractivity contribution is -0.385. The molecule has 2 aromatic carbocycles. The number of nitro benzene ring substituents is 2. The van der Waals surface area contributed by atoms with Gasteiger partial charge in [-0.3, -0.25) is 25.7 Å². The lowest BCUT2D eigenvalue weighted by Gasteiger charge is -2.39. The van der Waals surface area contributed by atoms with Crippen LogP contribution < -0.4 is 10.3 Å². The van der Waals surface area contributed by atoms with Crippen molar-refractivity contribution in [3.05, 3.63) is 68.3 Å². The van der Waals surface area contributed by atoms with Gasteiger partial charge in [-0.1, -0.05) is 6.92 Å². The molecule has 0 aromatic heterocycles. The summed E-state index contributed by atoms with van der Waals surface area (Å²) in [5.41, 5.74) is 4.95. The fourth-order valence-electron chi connectivity index (χ4n) is 3.62. The van der Waals surface area contributed by atoms with E-state index in [1.807, 2.05) is 0 Å². The van der Waals surface area contributed by atoms with E-state index in [2.05, 4.69) is 29.3 Å². The average Bonchev–Trinajstić information content (AvgIpc) is 2.68. The molecule has 0 amide bonds. The van der Waals surface area contributed by atoms with Gasteiger partial charge in [-0.25, -0.2) is 0 Å². The molecule has 1 aliphatic rings. The van der Waals surface area contributed by atoms with Crippen molar-refractivity contribution in [2.75, 3.05) is 16.9 Å². The quantitative estimate of drug-likeness (QED) is 0.434. The number of nitro groups is 2. The molecule has 1 fully saturated rings. The molecule has 0 spiro atoms. The van der Waals surface area contributed by atoms with Crippen LogP contribution in [0, 0.1) is 26.1 Å². The van der Waals surface area contributed by atoms with Gasteiger partial charge in [0.25, 0.3) is 11.4 Å². The van der Waals surface area contributed by atoms with Crippen LogP contribution in [0.2, 0.25) is 0 Å². The minimum absolute atomic E-state index is 0.00330. The summed E-state index contributed by atoms with van der Waals surface area (Å²) in [7, 11) is 0. The van der Waals surface area contributed by atoms with Gasteiger partial charge in [-0.05, 0) is 43.9 Å². The van der Waals surface area contributed by atoms with Crippen molar-refractivity contribution in [2.45, 2.75) is 32.7 Å². The molecule has 0 saturated carbocycles. The van der Waals surface area contributed by atoms with Crippen molar-refractivity contribution in [2.24, 2.45) is 11.0 Å². The number of anilines is 2. The first-order valence-electron chi connectivity index (χ1n) is 9.43. The highest BCUT2D eigenvalue weighted by Gasteiger charge is 2.25. The van der Waals surface area contributed by atoms with Crippen LogP contribution in [0.5, 0.6) is 0 Å². The molecule has 1 aliphatic heterocycles. The summed E-state index contributed by atoms with van der Waals surface area (Å²) in [6.45, 7) is 5.28. The Balaban J connectivity index is 1.83. The van der Waals surface area contributed by atoms with E-state index in [-0.39, 0.29) is 11.4 Å². The summed E-state index contributed by atoms with van der Waals surface area (Å²) < 4.78 is 0. The SMILES string of the molecule is C[C@@H]1CCN(c2ccc([N+](=O)[O-])cc2C=NNc2ccc([N+](=O)[O-])cc2)[C@@H](C)C1. The van der Waals surface area contributed by atoms with E-state index < -0.39 is 9.85 Å². The molecule has 3 rings (SSSR count). The van der Waals surface area contributed by atoms with E-state index >= 15 is 0 Å². The highest BCUT2D eigenvalue weighted by Crippen LogP contribution is 2.31. The Labute approximate surface area is 168 Å². The first-order valence-corrected chi connectivity index (χ1v) is 9.43. The summed E-state index contributed by atoms with van der Waals surface area (Å²) in [6, 6.07) is 11.0.